The molecule has 4 saturated carbocycles. The first-order valence-electron chi connectivity index (χ1n) is 10.7. The number of β-amino-alcohol motifs (C(OH)–C–C–N with tert-alkyl or cyclic N) is 1. The zero-order valence-electron chi connectivity index (χ0n) is 15.9. The molecular formula is C23H33NO2. The summed E-state index contributed by atoms with van der Waals surface area (Å²) in [6, 6.07) is 8.70. The zero-order chi connectivity index (χ0) is 17.6. The molecule has 0 spiro atoms. The standard InChI is InChI=1S/C23H33NO2/c25-22(14-24-6-5-20-3-1-2-4-21(20)13-24)15-26-16-23-10-17-7-18(11-23)9-19(8-17)12-23/h1-4,17-19,22,25H,5-16H2/t17?,18?,19?,22-,23?/m1/s1. The number of rotatable bonds is 6. The van der Waals surface area contributed by atoms with Gasteiger partial charge in [-0.1, -0.05) is 24.3 Å². The third kappa shape index (κ3) is 3.46. The summed E-state index contributed by atoms with van der Waals surface area (Å²) >= 11 is 0. The second kappa shape index (κ2) is 6.92. The van der Waals surface area contributed by atoms with Crippen LogP contribution in [0.4, 0.5) is 0 Å². The lowest BCUT2D eigenvalue weighted by molar-refractivity contribution is -0.107. The van der Waals surface area contributed by atoms with Gasteiger partial charge in [0.2, 0.25) is 0 Å². The fourth-order valence-corrected chi connectivity index (χ4v) is 6.94. The van der Waals surface area contributed by atoms with E-state index in [4.69, 9.17) is 4.74 Å². The van der Waals surface area contributed by atoms with Crippen LogP contribution in [0.2, 0.25) is 0 Å². The van der Waals surface area contributed by atoms with Crippen molar-refractivity contribution >= 4 is 0 Å². The molecule has 0 saturated heterocycles. The minimum atomic E-state index is -0.367. The molecule has 4 fully saturated rings. The van der Waals surface area contributed by atoms with E-state index in [9.17, 15) is 5.11 Å². The fraction of sp³-hybridized carbons (Fsp3) is 0.739. The van der Waals surface area contributed by atoms with Crippen LogP contribution >= 0.6 is 0 Å². The van der Waals surface area contributed by atoms with Crippen molar-refractivity contribution in [3.8, 4) is 0 Å². The summed E-state index contributed by atoms with van der Waals surface area (Å²) in [4.78, 5) is 2.38. The molecular weight excluding hydrogens is 322 g/mol. The molecule has 0 radical (unpaired) electrons. The van der Waals surface area contributed by atoms with Gasteiger partial charge in [-0.15, -0.1) is 0 Å². The fourth-order valence-electron chi connectivity index (χ4n) is 6.94. The SMILES string of the molecule is O[C@@H](COCC12CC3CC(CC(C3)C1)C2)CN1CCc2ccccc2C1. The lowest BCUT2D eigenvalue weighted by Crippen LogP contribution is -2.48. The number of nitrogens with zero attached hydrogens (tertiary/aromatic N) is 1. The molecule has 6 rings (SSSR count). The quantitative estimate of drug-likeness (QED) is 0.846. The Hall–Kier alpha value is -0.900. The number of benzene rings is 1. The van der Waals surface area contributed by atoms with Crippen LogP contribution in [0.1, 0.15) is 49.7 Å². The van der Waals surface area contributed by atoms with Gasteiger partial charge in [0.15, 0.2) is 0 Å². The Bertz CT molecular complexity index is 608. The average molecular weight is 356 g/mol. The molecule has 4 aliphatic carbocycles. The van der Waals surface area contributed by atoms with E-state index < -0.39 is 0 Å². The smallest absolute Gasteiger partial charge is 0.0900 e. The van der Waals surface area contributed by atoms with Crippen LogP contribution in [0, 0.1) is 23.2 Å². The van der Waals surface area contributed by atoms with Crippen LogP contribution in [0.3, 0.4) is 0 Å². The van der Waals surface area contributed by atoms with Crippen LogP contribution in [0.15, 0.2) is 24.3 Å². The van der Waals surface area contributed by atoms with E-state index >= 15 is 0 Å². The summed E-state index contributed by atoms with van der Waals surface area (Å²) in [7, 11) is 0. The van der Waals surface area contributed by atoms with Gasteiger partial charge < -0.3 is 9.84 Å². The highest BCUT2D eigenvalue weighted by molar-refractivity contribution is 5.29. The van der Waals surface area contributed by atoms with E-state index in [1.165, 1.54) is 49.7 Å². The normalized spacial score (nSPS) is 36.9. The van der Waals surface area contributed by atoms with Gasteiger partial charge in [0.25, 0.3) is 0 Å². The van der Waals surface area contributed by atoms with Gasteiger partial charge in [-0.05, 0) is 79.2 Å². The van der Waals surface area contributed by atoms with Crippen molar-refractivity contribution in [3.05, 3.63) is 35.4 Å². The number of fused-ring (bicyclic) bond motifs is 1. The summed E-state index contributed by atoms with van der Waals surface area (Å²) in [5, 5.41) is 10.5. The van der Waals surface area contributed by atoms with Gasteiger partial charge in [0, 0.05) is 19.6 Å². The summed E-state index contributed by atoms with van der Waals surface area (Å²) < 4.78 is 6.11. The molecule has 1 aromatic carbocycles. The van der Waals surface area contributed by atoms with Crippen LogP contribution in [-0.2, 0) is 17.7 Å². The van der Waals surface area contributed by atoms with E-state index in [1.54, 1.807) is 0 Å². The summed E-state index contributed by atoms with van der Waals surface area (Å²) in [5.41, 5.74) is 3.34. The van der Waals surface area contributed by atoms with Crippen molar-refractivity contribution < 1.29 is 9.84 Å². The molecule has 1 atom stereocenters. The molecule has 1 N–H and O–H groups in total. The zero-order valence-corrected chi connectivity index (χ0v) is 15.9. The topological polar surface area (TPSA) is 32.7 Å². The van der Waals surface area contributed by atoms with Gasteiger partial charge in [-0.2, -0.15) is 0 Å². The van der Waals surface area contributed by atoms with Gasteiger partial charge in [-0.3, -0.25) is 4.90 Å². The summed E-state index contributed by atoms with van der Waals surface area (Å²) in [6.45, 7) is 4.12. The highest BCUT2D eigenvalue weighted by atomic mass is 16.5. The van der Waals surface area contributed by atoms with Gasteiger partial charge in [0.05, 0.1) is 19.3 Å². The Kier molecular flexibility index (Phi) is 4.58. The van der Waals surface area contributed by atoms with Gasteiger partial charge in [-0.25, -0.2) is 0 Å². The Morgan fingerprint density at radius 1 is 1.04 bits per heavy atom. The summed E-state index contributed by atoms with van der Waals surface area (Å²) in [5.74, 6) is 2.93. The largest absolute Gasteiger partial charge is 0.389 e. The van der Waals surface area contributed by atoms with Gasteiger partial charge in [0.1, 0.15) is 0 Å². The molecule has 5 aliphatic rings. The molecule has 3 nitrogen and oxygen atoms in total. The average Bonchev–Trinajstić information content (AvgIpc) is 2.60. The molecule has 1 heterocycles. The second-order valence-electron chi connectivity index (χ2n) is 9.84. The maximum Gasteiger partial charge on any atom is 0.0900 e. The first-order valence-corrected chi connectivity index (χ1v) is 10.7. The molecule has 3 heteroatoms. The monoisotopic (exact) mass is 355 g/mol. The molecule has 26 heavy (non-hydrogen) atoms. The lowest BCUT2D eigenvalue weighted by atomic mass is 9.50. The van der Waals surface area contributed by atoms with E-state index in [2.05, 4.69) is 29.2 Å². The van der Waals surface area contributed by atoms with Crippen molar-refractivity contribution in [1.82, 2.24) is 4.90 Å². The molecule has 0 aromatic heterocycles. The van der Waals surface area contributed by atoms with Crippen LogP contribution in [-0.4, -0.2) is 42.4 Å². The molecule has 0 amide bonds. The van der Waals surface area contributed by atoms with Crippen molar-refractivity contribution in [1.29, 1.82) is 0 Å². The van der Waals surface area contributed by atoms with Crippen LogP contribution in [0.5, 0.6) is 0 Å². The number of ether oxygens (including phenoxy) is 1. The third-order valence-corrected chi connectivity index (χ3v) is 7.56. The van der Waals surface area contributed by atoms with E-state index in [0.29, 0.717) is 12.0 Å². The summed E-state index contributed by atoms with van der Waals surface area (Å²) in [6.07, 6.45) is 9.34. The maximum absolute atomic E-state index is 10.5. The van der Waals surface area contributed by atoms with Crippen molar-refractivity contribution in [2.24, 2.45) is 23.2 Å². The highest BCUT2D eigenvalue weighted by Gasteiger charge is 2.50. The molecule has 1 aromatic rings. The number of aliphatic hydroxyl groups is 1. The number of hydrogen-bond acceptors (Lipinski definition) is 3. The minimum Gasteiger partial charge on any atom is -0.389 e. The minimum absolute atomic E-state index is 0.367. The first kappa shape index (κ1) is 17.2. The van der Waals surface area contributed by atoms with E-state index in [-0.39, 0.29) is 6.10 Å². The van der Waals surface area contributed by atoms with E-state index in [0.717, 1.165) is 50.4 Å². The Balaban J connectivity index is 1.09. The molecule has 1 aliphatic heterocycles. The molecule has 0 unspecified atom stereocenters. The first-order chi connectivity index (χ1) is 12.7. The molecule has 142 valence electrons. The Morgan fingerprint density at radius 3 is 2.38 bits per heavy atom. The predicted molar refractivity (Wildman–Crippen MR) is 103 cm³/mol. The van der Waals surface area contributed by atoms with Crippen LogP contribution < -0.4 is 0 Å². The van der Waals surface area contributed by atoms with Crippen molar-refractivity contribution in [2.75, 3.05) is 26.3 Å². The van der Waals surface area contributed by atoms with Gasteiger partial charge >= 0.3 is 0 Å². The Labute approximate surface area is 157 Å². The second-order valence-corrected chi connectivity index (χ2v) is 9.84. The lowest BCUT2D eigenvalue weighted by Gasteiger charge is -2.56. The maximum atomic E-state index is 10.5. The molecule has 4 bridgehead atoms. The van der Waals surface area contributed by atoms with Crippen LogP contribution in [0.25, 0.3) is 0 Å². The number of aliphatic hydroxyl groups excluding tert-OH is 1. The number of hydrogen-bond donors (Lipinski definition) is 1. The van der Waals surface area contributed by atoms with Crippen molar-refractivity contribution in [3.63, 3.8) is 0 Å². The van der Waals surface area contributed by atoms with Crippen molar-refractivity contribution in [2.45, 2.75) is 57.6 Å². The predicted octanol–water partition coefficient (Wildman–Crippen LogP) is 3.64. The third-order valence-electron chi connectivity index (χ3n) is 7.56. The Morgan fingerprint density at radius 2 is 1.69 bits per heavy atom. The highest BCUT2D eigenvalue weighted by Crippen LogP contribution is 2.60. The van der Waals surface area contributed by atoms with E-state index in [1.807, 2.05) is 0 Å².